The first-order valence-electron chi connectivity index (χ1n) is 6.47. The fourth-order valence-corrected chi connectivity index (χ4v) is 1.71. The Morgan fingerprint density at radius 2 is 2.15 bits per heavy atom. The Labute approximate surface area is 116 Å². The molecule has 0 aliphatic rings. The van der Waals surface area contributed by atoms with Crippen molar-refractivity contribution in [3.63, 3.8) is 0 Å². The van der Waals surface area contributed by atoms with E-state index in [1.807, 2.05) is 13.8 Å². The molecule has 1 unspecified atom stereocenters. The maximum atomic E-state index is 11.8. The summed E-state index contributed by atoms with van der Waals surface area (Å²) >= 11 is 0. The number of methoxy groups -OCH3 is 1. The van der Waals surface area contributed by atoms with Crippen molar-refractivity contribution in [1.82, 2.24) is 9.55 Å². The SMILES string of the molecule is CCOCC(C)Nc1c(N)n(CCOC)c(=O)[nH]c1=O. The van der Waals surface area contributed by atoms with Gasteiger partial charge in [0, 0.05) is 19.8 Å². The lowest BCUT2D eigenvalue weighted by molar-refractivity contribution is 0.141. The maximum Gasteiger partial charge on any atom is 0.330 e. The van der Waals surface area contributed by atoms with Crippen molar-refractivity contribution in [3.05, 3.63) is 20.8 Å². The van der Waals surface area contributed by atoms with Gasteiger partial charge >= 0.3 is 5.69 Å². The third-order valence-electron chi connectivity index (χ3n) is 2.72. The van der Waals surface area contributed by atoms with Crippen molar-refractivity contribution < 1.29 is 9.47 Å². The van der Waals surface area contributed by atoms with Crippen molar-refractivity contribution in [3.8, 4) is 0 Å². The average molecular weight is 286 g/mol. The number of rotatable bonds is 8. The van der Waals surface area contributed by atoms with Gasteiger partial charge in [-0.1, -0.05) is 0 Å². The van der Waals surface area contributed by atoms with Crippen LogP contribution in [-0.4, -0.2) is 42.5 Å². The molecule has 0 aliphatic heterocycles. The van der Waals surface area contributed by atoms with Crippen LogP contribution in [0.5, 0.6) is 0 Å². The van der Waals surface area contributed by atoms with E-state index >= 15 is 0 Å². The lowest BCUT2D eigenvalue weighted by atomic mass is 10.3. The number of nitrogen functional groups attached to an aromatic ring is 1. The Hall–Kier alpha value is -1.80. The van der Waals surface area contributed by atoms with Gasteiger partial charge in [0.25, 0.3) is 5.56 Å². The Morgan fingerprint density at radius 1 is 1.45 bits per heavy atom. The predicted octanol–water partition coefficient (Wildman–Crippen LogP) is -0.398. The summed E-state index contributed by atoms with van der Waals surface area (Å²) in [5, 5.41) is 2.96. The van der Waals surface area contributed by atoms with Gasteiger partial charge in [-0.15, -0.1) is 0 Å². The first-order chi connectivity index (χ1) is 9.51. The van der Waals surface area contributed by atoms with Gasteiger partial charge in [-0.05, 0) is 13.8 Å². The van der Waals surface area contributed by atoms with Crippen LogP contribution in [0.1, 0.15) is 13.8 Å². The Morgan fingerprint density at radius 3 is 2.75 bits per heavy atom. The third kappa shape index (κ3) is 4.10. The number of anilines is 2. The molecular weight excluding hydrogens is 264 g/mol. The summed E-state index contributed by atoms with van der Waals surface area (Å²) in [6.45, 7) is 5.37. The van der Waals surface area contributed by atoms with Crippen molar-refractivity contribution in [2.45, 2.75) is 26.4 Å². The van der Waals surface area contributed by atoms with Crippen molar-refractivity contribution >= 4 is 11.5 Å². The quantitative estimate of drug-likeness (QED) is 0.599. The molecular formula is C12H22N4O4. The Balaban J connectivity index is 3.01. The van der Waals surface area contributed by atoms with Gasteiger partial charge in [-0.3, -0.25) is 14.3 Å². The number of hydrogen-bond acceptors (Lipinski definition) is 6. The first kappa shape index (κ1) is 16.3. The number of aromatic nitrogens is 2. The van der Waals surface area contributed by atoms with Crippen LogP contribution in [0, 0.1) is 0 Å². The molecule has 1 atom stereocenters. The van der Waals surface area contributed by atoms with E-state index in [4.69, 9.17) is 15.2 Å². The van der Waals surface area contributed by atoms with Crippen LogP contribution in [-0.2, 0) is 16.0 Å². The molecule has 0 aromatic carbocycles. The monoisotopic (exact) mass is 286 g/mol. The zero-order valence-corrected chi connectivity index (χ0v) is 12.1. The Bertz CT molecular complexity index is 537. The van der Waals surface area contributed by atoms with Gasteiger partial charge in [-0.25, -0.2) is 4.79 Å². The molecule has 0 bridgehead atoms. The molecule has 0 saturated heterocycles. The van der Waals surface area contributed by atoms with E-state index in [1.54, 1.807) is 0 Å². The highest BCUT2D eigenvalue weighted by atomic mass is 16.5. The van der Waals surface area contributed by atoms with E-state index in [0.29, 0.717) is 19.8 Å². The summed E-state index contributed by atoms with van der Waals surface area (Å²) in [5.74, 6) is 0.0964. The van der Waals surface area contributed by atoms with E-state index in [0.717, 1.165) is 0 Å². The molecule has 1 aromatic heterocycles. The zero-order chi connectivity index (χ0) is 15.1. The normalized spacial score (nSPS) is 12.3. The topological polar surface area (TPSA) is 111 Å². The molecule has 8 nitrogen and oxygen atoms in total. The fraction of sp³-hybridized carbons (Fsp3) is 0.667. The molecule has 8 heteroatoms. The minimum atomic E-state index is -0.549. The predicted molar refractivity (Wildman–Crippen MR) is 77.2 cm³/mol. The summed E-state index contributed by atoms with van der Waals surface area (Å²) in [7, 11) is 1.52. The van der Waals surface area contributed by atoms with E-state index in [9.17, 15) is 9.59 Å². The third-order valence-corrected chi connectivity index (χ3v) is 2.72. The molecule has 0 saturated carbocycles. The summed E-state index contributed by atoms with van der Waals surface area (Å²) in [6, 6.07) is -0.105. The number of ether oxygens (including phenoxy) is 2. The maximum absolute atomic E-state index is 11.8. The first-order valence-corrected chi connectivity index (χ1v) is 6.47. The average Bonchev–Trinajstić information content (AvgIpc) is 2.41. The number of nitrogens with two attached hydrogens (primary N) is 1. The van der Waals surface area contributed by atoms with Crippen LogP contribution in [0.25, 0.3) is 0 Å². The molecule has 114 valence electrons. The molecule has 0 amide bonds. The summed E-state index contributed by atoms with van der Waals surface area (Å²) < 4.78 is 11.4. The lowest BCUT2D eigenvalue weighted by Crippen LogP contribution is -2.36. The fourth-order valence-electron chi connectivity index (χ4n) is 1.71. The molecule has 0 radical (unpaired) electrons. The minimum Gasteiger partial charge on any atom is -0.383 e. The van der Waals surface area contributed by atoms with Gasteiger partial charge < -0.3 is 20.5 Å². The van der Waals surface area contributed by atoms with Gasteiger partial charge in [0.05, 0.1) is 19.8 Å². The second kappa shape index (κ2) is 7.71. The van der Waals surface area contributed by atoms with Gasteiger partial charge in [0.1, 0.15) is 11.5 Å². The largest absolute Gasteiger partial charge is 0.383 e. The van der Waals surface area contributed by atoms with Crippen molar-refractivity contribution in [2.75, 3.05) is 38.0 Å². The zero-order valence-electron chi connectivity index (χ0n) is 12.1. The molecule has 4 N–H and O–H groups in total. The number of H-pyrrole nitrogens is 1. The van der Waals surface area contributed by atoms with E-state index in [-0.39, 0.29) is 24.1 Å². The second-order valence-electron chi connectivity index (χ2n) is 4.37. The molecule has 0 aliphatic carbocycles. The van der Waals surface area contributed by atoms with Crippen molar-refractivity contribution in [2.24, 2.45) is 0 Å². The highest BCUT2D eigenvalue weighted by Crippen LogP contribution is 2.11. The number of hydrogen-bond donors (Lipinski definition) is 3. The second-order valence-corrected chi connectivity index (χ2v) is 4.37. The van der Waals surface area contributed by atoms with Crippen LogP contribution in [0.15, 0.2) is 9.59 Å². The summed E-state index contributed by atoms with van der Waals surface area (Å²) in [6.07, 6.45) is 0. The van der Waals surface area contributed by atoms with Gasteiger partial charge in [0.15, 0.2) is 0 Å². The van der Waals surface area contributed by atoms with E-state index in [2.05, 4.69) is 10.3 Å². The number of aromatic amines is 1. The van der Waals surface area contributed by atoms with E-state index in [1.165, 1.54) is 11.7 Å². The van der Waals surface area contributed by atoms with Crippen LogP contribution in [0.3, 0.4) is 0 Å². The highest BCUT2D eigenvalue weighted by Gasteiger charge is 2.14. The van der Waals surface area contributed by atoms with Crippen LogP contribution in [0.4, 0.5) is 11.5 Å². The molecule has 1 rings (SSSR count). The Kier molecular flexibility index (Phi) is 6.26. The lowest BCUT2D eigenvalue weighted by Gasteiger charge is -2.17. The molecule has 0 fully saturated rings. The standard InChI is InChI=1S/C12H22N4O4/c1-4-20-7-8(2)14-9-10(13)16(5-6-19-3)12(18)15-11(9)17/h8,14H,4-7,13H2,1-3H3,(H,15,17,18). The van der Waals surface area contributed by atoms with Gasteiger partial charge in [0.2, 0.25) is 0 Å². The van der Waals surface area contributed by atoms with Crippen LogP contribution < -0.4 is 22.3 Å². The summed E-state index contributed by atoms with van der Waals surface area (Å²) in [5.41, 5.74) is 4.97. The highest BCUT2D eigenvalue weighted by molar-refractivity contribution is 5.60. The molecule has 20 heavy (non-hydrogen) atoms. The minimum absolute atomic E-state index is 0.0964. The number of nitrogens with one attached hydrogen (secondary N) is 2. The van der Waals surface area contributed by atoms with Crippen molar-refractivity contribution in [1.29, 1.82) is 0 Å². The van der Waals surface area contributed by atoms with Crippen LogP contribution >= 0.6 is 0 Å². The molecule has 1 heterocycles. The smallest absolute Gasteiger partial charge is 0.330 e. The number of nitrogens with zero attached hydrogens (tertiary/aromatic N) is 1. The van der Waals surface area contributed by atoms with E-state index < -0.39 is 11.2 Å². The molecule has 0 spiro atoms. The van der Waals surface area contributed by atoms with Gasteiger partial charge in [-0.2, -0.15) is 0 Å². The molecule has 1 aromatic rings. The van der Waals surface area contributed by atoms with Crippen LogP contribution in [0.2, 0.25) is 0 Å². The summed E-state index contributed by atoms with van der Waals surface area (Å²) in [4.78, 5) is 25.7.